The molecule has 1 aliphatic rings. The van der Waals surface area contributed by atoms with Crippen LogP contribution in [0.1, 0.15) is 44.1 Å². The third kappa shape index (κ3) is 4.37. The second-order valence-corrected chi connectivity index (χ2v) is 5.10. The molecule has 1 saturated heterocycles. The second kappa shape index (κ2) is 7.68. The zero-order chi connectivity index (χ0) is 14.2. The van der Waals surface area contributed by atoms with Crippen LogP contribution in [-0.4, -0.2) is 23.4 Å². The van der Waals surface area contributed by atoms with Gasteiger partial charge < -0.3 is 4.74 Å². The lowest BCUT2D eigenvalue weighted by atomic mass is 10.1. The molecule has 1 fully saturated rings. The van der Waals surface area contributed by atoms with Crippen LogP contribution in [0.5, 0.6) is 0 Å². The lowest BCUT2D eigenvalue weighted by Crippen LogP contribution is -2.37. The molecular weight excluding hydrogens is 254 g/mol. The van der Waals surface area contributed by atoms with Gasteiger partial charge in [-0.15, -0.1) is 0 Å². The number of hydrogen-bond donors (Lipinski definition) is 0. The minimum absolute atomic E-state index is 0.107. The molecule has 0 radical (unpaired) electrons. The van der Waals surface area contributed by atoms with Crippen LogP contribution in [0, 0.1) is 0 Å². The average molecular weight is 275 g/mol. The molecule has 0 N–H and O–H groups in total. The van der Waals surface area contributed by atoms with Crippen LogP contribution in [0.25, 0.3) is 0 Å². The second-order valence-electron chi connectivity index (χ2n) is 5.10. The summed E-state index contributed by atoms with van der Waals surface area (Å²) in [4.78, 5) is 25.3. The van der Waals surface area contributed by atoms with E-state index in [1.165, 1.54) is 4.90 Å². The number of hydrogen-bond acceptors (Lipinski definition) is 3. The number of nitrogens with zero attached hydrogens (tertiary/aromatic N) is 1. The van der Waals surface area contributed by atoms with Crippen molar-refractivity contribution in [3.05, 3.63) is 35.9 Å². The topological polar surface area (TPSA) is 46.6 Å². The molecule has 20 heavy (non-hydrogen) atoms. The summed E-state index contributed by atoms with van der Waals surface area (Å²) in [6.07, 6.45) is 4.93. The van der Waals surface area contributed by atoms with Gasteiger partial charge in [0.05, 0.1) is 0 Å². The third-order valence-corrected chi connectivity index (χ3v) is 3.50. The Morgan fingerprint density at radius 2 is 1.75 bits per heavy atom. The van der Waals surface area contributed by atoms with Gasteiger partial charge in [-0.1, -0.05) is 49.6 Å². The standard InChI is InChI=1S/C16H21NO3/c18-15-11-7-2-1-3-8-12-17(15)16(19)20-13-14-9-5-4-6-10-14/h4-6,9-10H,1-3,7-8,11-13H2. The van der Waals surface area contributed by atoms with E-state index in [4.69, 9.17) is 4.74 Å². The quantitative estimate of drug-likeness (QED) is 0.829. The Morgan fingerprint density at radius 1 is 1.05 bits per heavy atom. The van der Waals surface area contributed by atoms with Crippen LogP contribution in [-0.2, 0) is 16.1 Å². The Balaban J connectivity index is 1.90. The lowest BCUT2D eigenvalue weighted by Gasteiger charge is -2.19. The van der Waals surface area contributed by atoms with Crippen LogP contribution >= 0.6 is 0 Å². The third-order valence-electron chi connectivity index (χ3n) is 3.50. The molecular formula is C16H21NO3. The number of ether oxygens (including phenoxy) is 1. The Morgan fingerprint density at radius 3 is 2.55 bits per heavy atom. The maximum absolute atomic E-state index is 12.0. The number of imide groups is 1. The van der Waals surface area contributed by atoms with Gasteiger partial charge in [-0.25, -0.2) is 9.69 Å². The number of carbonyl (C=O) groups excluding carboxylic acids is 2. The van der Waals surface area contributed by atoms with Crippen molar-refractivity contribution < 1.29 is 14.3 Å². The molecule has 0 unspecified atom stereocenters. The monoisotopic (exact) mass is 275 g/mol. The van der Waals surface area contributed by atoms with Crippen LogP contribution in [0.4, 0.5) is 4.79 Å². The Labute approximate surface area is 119 Å². The molecule has 1 aliphatic heterocycles. The fourth-order valence-electron chi connectivity index (χ4n) is 2.33. The molecule has 0 aliphatic carbocycles. The van der Waals surface area contributed by atoms with Crippen molar-refractivity contribution in [2.75, 3.05) is 6.54 Å². The van der Waals surface area contributed by atoms with Crippen LogP contribution < -0.4 is 0 Å². The summed E-state index contributed by atoms with van der Waals surface area (Å²) >= 11 is 0. The van der Waals surface area contributed by atoms with Gasteiger partial charge in [0, 0.05) is 13.0 Å². The molecule has 0 aromatic heterocycles. The minimum atomic E-state index is -0.513. The average Bonchev–Trinajstić information content (AvgIpc) is 2.58. The molecule has 0 saturated carbocycles. The predicted molar refractivity (Wildman–Crippen MR) is 76.0 cm³/mol. The maximum Gasteiger partial charge on any atom is 0.416 e. The van der Waals surface area contributed by atoms with Crippen LogP contribution in [0.3, 0.4) is 0 Å². The van der Waals surface area contributed by atoms with E-state index >= 15 is 0 Å². The first-order valence-corrected chi connectivity index (χ1v) is 7.28. The summed E-state index contributed by atoms with van der Waals surface area (Å²) in [5, 5.41) is 0. The highest BCUT2D eigenvalue weighted by atomic mass is 16.6. The molecule has 2 amide bonds. The molecule has 1 aromatic carbocycles. The molecule has 1 heterocycles. The van der Waals surface area contributed by atoms with Gasteiger partial charge in [0.1, 0.15) is 6.61 Å². The van der Waals surface area contributed by atoms with Crippen molar-refractivity contribution >= 4 is 12.0 Å². The minimum Gasteiger partial charge on any atom is -0.444 e. The van der Waals surface area contributed by atoms with Crippen molar-refractivity contribution in [1.82, 2.24) is 4.90 Å². The summed E-state index contributed by atoms with van der Waals surface area (Å²) in [6, 6.07) is 9.50. The van der Waals surface area contributed by atoms with E-state index in [1.807, 2.05) is 30.3 Å². The van der Waals surface area contributed by atoms with Crippen LogP contribution in [0.15, 0.2) is 30.3 Å². The molecule has 0 spiro atoms. The Kier molecular flexibility index (Phi) is 5.59. The Bertz CT molecular complexity index is 444. The zero-order valence-corrected chi connectivity index (χ0v) is 11.7. The highest BCUT2D eigenvalue weighted by molar-refractivity contribution is 5.91. The van der Waals surface area contributed by atoms with E-state index in [-0.39, 0.29) is 12.5 Å². The number of rotatable bonds is 2. The summed E-state index contributed by atoms with van der Waals surface area (Å²) < 4.78 is 5.24. The van der Waals surface area contributed by atoms with Crippen molar-refractivity contribution in [1.29, 1.82) is 0 Å². The lowest BCUT2D eigenvalue weighted by molar-refractivity contribution is -0.129. The molecule has 2 rings (SSSR count). The SMILES string of the molecule is O=C1CCCCCCCN1C(=O)OCc1ccccc1. The van der Waals surface area contributed by atoms with E-state index in [0.29, 0.717) is 13.0 Å². The van der Waals surface area contributed by atoms with Gasteiger partial charge >= 0.3 is 6.09 Å². The maximum atomic E-state index is 12.0. The predicted octanol–water partition coefficient (Wildman–Crippen LogP) is 3.51. The van der Waals surface area contributed by atoms with Gasteiger partial charge in [0.25, 0.3) is 0 Å². The fourth-order valence-corrected chi connectivity index (χ4v) is 2.33. The Hall–Kier alpha value is -1.84. The van der Waals surface area contributed by atoms with E-state index in [9.17, 15) is 9.59 Å². The van der Waals surface area contributed by atoms with E-state index in [0.717, 1.165) is 37.7 Å². The smallest absolute Gasteiger partial charge is 0.416 e. The summed E-state index contributed by atoms with van der Waals surface area (Å²) in [5.41, 5.74) is 0.928. The highest BCUT2D eigenvalue weighted by Gasteiger charge is 2.22. The molecule has 1 aromatic rings. The van der Waals surface area contributed by atoms with Crippen molar-refractivity contribution in [3.8, 4) is 0 Å². The van der Waals surface area contributed by atoms with Gasteiger partial charge in [-0.05, 0) is 18.4 Å². The molecule has 108 valence electrons. The summed E-state index contributed by atoms with van der Waals surface area (Å²) in [7, 11) is 0. The summed E-state index contributed by atoms with van der Waals surface area (Å²) in [6.45, 7) is 0.690. The highest BCUT2D eigenvalue weighted by Crippen LogP contribution is 2.13. The number of amides is 2. The van der Waals surface area contributed by atoms with E-state index < -0.39 is 6.09 Å². The first-order chi connectivity index (χ1) is 9.77. The first kappa shape index (κ1) is 14.6. The van der Waals surface area contributed by atoms with Gasteiger partial charge in [-0.3, -0.25) is 4.79 Å². The number of benzene rings is 1. The summed E-state index contributed by atoms with van der Waals surface area (Å²) in [5.74, 6) is -0.107. The molecule has 4 heteroatoms. The van der Waals surface area contributed by atoms with E-state index in [2.05, 4.69) is 0 Å². The zero-order valence-electron chi connectivity index (χ0n) is 11.7. The molecule has 0 bridgehead atoms. The first-order valence-electron chi connectivity index (χ1n) is 7.28. The van der Waals surface area contributed by atoms with Crippen molar-refractivity contribution in [2.45, 2.75) is 45.1 Å². The van der Waals surface area contributed by atoms with Gasteiger partial charge in [0.2, 0.25) is 5.91 Å². The van der Waals surface area contributed by atoms with Crippen LogP contribution in [0.2, 0.25) is 0 Å². The molecule has 4 nitrogen and oxygen atoms in total. The van der Waals surface area contributed by atoms with E-state index in [1.54, 1.807) is 0 Å². The van der Waals surface area contributed by atoms with Gasteiger partial charge in [-0.2, -0.15) is 0 Å². The molecule has 0 atom stereocenters. The van der Waals surface area contributed by atoms with Crippen molar-refractivity contribution in [2.24, 2.45) is 0 Å². The fraction of sp³-hybridized carbons (Fsp3) is 0.500. The number of carbonyl (C=O) groups is 2. The van der Waals surface area contributed by atoms with Gasteiger partial charge in [0.15, 0.2) is 0 Å². The van der Waals surface area contributed by atoms with Crippen molar-refractivity contribution in [3.63, 3.8) is 0 Å². The normalized spacial score (nSPS) is 17.0. The largest absolute Gasteiger partial charge is 0.444 e.